The molecule has 0 fully saturated rings. The molecular formula is C20H15FN2O4S2. The molecule has 0 radical (unpaired) electrons. The molecule has 1 N–H and O–H groups in total. The molecule has 0 aliphatic carbocycles. The number of aromatic nitrogens is 1. The van der Waals surface area contributed by atoms with E-state index in [9.17, 15) is 17.6 Å². The van der Waals surface area contributed by atoms with Crippen LogP contribution in [-0.2, 0) is 14.6 Å². The molecule has 0 spiro atoms. The number of thiazole rings is 1. The smallest absolute Gasteiger partial charge is 0.227 e. The van der Waals surface area contributed by atoms with Crippen LogP contribution in [0.4, 0.5) is 9.52 Å². The lowest BCUT2D eigenvalue weighted by Gasteiger charge is -2.04. The summed E-state index contributed by atoms with van der Waals surface area (Å²) in [5, 5.41) is 5.66. The highest BCUT2D eigenvalue weighted by Gasteiger charge is 2.18. The molecule has 2 aromatic carbocycles. The summed E-state index contributed by atoms with van der Waals surface area (Å²) < 4.78 is 43.2. The summed E-state index contributed by atoms with van der Waals surface area (Å²) in [7, 11) is -3.68. The maximum absolute atomic E-state index is 12.9. The number of fused-ring (bicyclic) bond motifs is 1. The molecule has 6 nitrogen and oxygen atoms in total. The Morgan fingerprint density at radius 3 is 2.66 bits per heavy atom. The standard InChI is InChI=1S/C20H15FN2O4S2/c21-14-5-7-15(8-6-14)29(25,26)10-9-19(24)23-20-22-16(12-28-20)18-11-13-3-1-2-4-17(13)27-18/h1-8,11-12H,9-10H2,(H,22,23,24). The highest BCUT2D eigenvalue weighted by Crippen LogP contribution is 2.30. The molecule has 29 heavy (non-hydrogen) atoms. The van der Waals surface area contributed by atoms with Crippen molar-refractivity contribution in [3.63, 3.8) is 0 Å². The van der Waals surface area contributed by atoms with Gasteiger partial charge in [0, 0.05) is 17.2 Å². The summed E-state index contributed by atoms with van der Waals surface area (Å²) in [6, 6.07) is 14.0. The number of halogens is 1. The molecule has 0 aliphatic rings. The predicted molar refractivity (Wildman–Crippen MR) is 109 cm³/mol. The second kappa shape index (κ2) is 7.76. The van der Waals surface area contributed by atoms with Gasteiger partial charge >= 0.3 is 0 Å². The van der Waals surface area contributed by atoms with Gasteiger partial charge in [-0.1, -0.05) is 18.2 Å². The van der Waals surface area contributed by atoms with Crippen LogP contribution in [0, 0.1) is 5.82 Å². The van der Waals surface area contributed by atoms with E-state index in [1.807, 2.05) is 30.3 Å². The summed E-state index contributed by atoms with van der Waals surface area (Å²) >= 11 is 1.22. The quantitative estimate of drug-likeness (QED) is 0.455. The number of nitrogens with one attached hydrogen (secondary N) is 1. The van der Waals surface area contributed by atoms with Crippen LogP contribution in [0.25, 0.3) is 22.4 Å². The summed E-state index contributed by atoms with van der Waals surface area (Å²) in [6.07, 6.45) is -0.237. The summed E-state index contributed by atoms with van der Waals surface area (Å²) in [4.78, 5) is 16.4. The van der Waals surface area contributed by atoms with E-state index in [-0.39, 0.29) is 17.1 Å². The first-order chi connectivity index (χ1) is 13.9. The van der Waals surface area contributed by atoms with E-state index in [2.05, 4.69) is 10.3 Å². The molecule has 4 aromatic rings. The zero-order valence-corrected chi connectivity index (χ0v) is 16.6. The van der Waals surface area contributed by atoms with Gasteiger partial charge in [0.1, 0.15) is 17.1 Å². The van der Waals surface area contributed by atoms with Crippen LogP contribution in [0.1, 0.15) is 6.42 Å². The zero-order chi connectivity index (χ0) is 20.4. The molecule has 2 aromatic heterocycles. The van der Waals surface area contributed by atoms with E-state index in [0.717, 1.165) is 23.1 Å². The van der Waals surface area contributed by atoms with Gasteiger partial charge < -0.3 is 9.73 Å². The first-order valence-corrected chi connectivity index (χ1v) is 11.2. The summed E-state index contributed by atoms with van der Waals surface area (Å²) in [6.45, 7) is 0. The van der Waals surface area contributed by atoms with E-state index >= 15 is 0 Å². The van der Waals surface area contributed by atoms with Gasteiger partial charge in [0.2, 0.25) is 5.91 Å². The Morgan fingerprint density at radius 2 is 1.90 bits per heavy atom. The van der Waals surface area contributed by atoms with Gasteiger partial charge in [-0.2, -0.15) is 0 Å². The fraction of sp³-hybridized carbons (Fsp3) is 0.100. The third-order valence-corrected chi connectivity index (χ3v) is 6.69. The maximum Gasteiger partial charge on any atom is 0.227 e. The molecule has 4 rings (SSSR count). The van der Waals surface area contributed by atoms with Gasteiger partial charge in [-0.05, 0) is 36.4 Å². The van der Waals surface area contributed by atoms with Crippen molar-refractivity contribution >= 4 is 43.2 Å². The molecular weight excluding hydrogens is 415 g/mol. The Labute approximate surface area is 169 Å². The highest BCUT2D eigenvalue weighted by atomic mass is 32.2. The average Bonchev–Trinajstić information content (AvgIpc) is 3.33. The maximum atomic E-state index is 12.9. The van der Waals surface area contributed by atoms with Crippen LogP contribution >= 0.6 is 11.3 Å². The van der Waals surface area contributed by atoms with Crippen molar-refractivity contribution in [2.24, 2.45) is 0 Å². The Kier molecular flexibility index (Phi) is 5.16. The van der Waals surface area contributed by atoms with E-state index in [1.165, 1.54) is 23.5 Å². The minimum absolute atomic E-state index is 0.0203. The summed E-state index contributed by atoms with van der Waals surface area (Å²) in [5.41, 5.74) is 1.33. The minimum Gasteiger partial charge on any atom is -0.454 e. The SMILES string of the molecule is O=C(CCS(=O)(=O)c1ccc(F)cc1)Nc1nc(-c2cc3ccccc3o2)cs1. The monoisotopic (exact) mass is 430 g/mol. The van der Waals surface area contributed by atoms with Crippen molar-refractivity contribution < 1.29 is 22.0 Å². The Bertz CT molecular complexity index is 1240. The van der Waals surface area contributed by atoms with Crippen LogP contribution in [0.3, 0.4) is 0 Å². The van der Waals surface area contributed by atoms with Crippen LogP contribution in [0.5, 0.6) is 0 Å². The Hall–Kier alpha value is -3.04. The van der Waals surface area contributed by atoms with Crippen molar-refractivity contribution in [1.29, 1.82) is 0 Å². The number of carbonyl (C=O) groups excluding carboxylic acids is 1. The normalized spacial score (nSPS) is 11.6. The predicted octanol–water partition coefficient (Wildman–Crippen LogP) is 4.50. The topological polar surface area (TPSA) is 89.3 Å². The molecule has 1 amide bonds. The van der Waals surface area contributed by atoms with Crippen LogP contribution in [-0.4, -0.2) is 25.1 Å². The van der Waals surface area contributed by atoms with E-state index in [0.29, 0.717) is 16.6 Å². The number of benzene rings is 2. The Morgan fingerprint density at radius 1 is 1.14 bits per heavy atom. The van der Waals surface area contributed by atoms with Crippen molar-refractivity contribution in [2.45, 2.75) is 11.3 Å². The van der Waals surface area contributed by atoms with Crippen molar-refractivity contribution in [3.05, 3.63) is 65.8 Å². The van der Waals surface area contributed by atoms with E-state index < -0.39 is 21.6 Å². The highest BCUT2D eigenvalue weighted by molar-refractivity contribution is 7.91. The van der Waals surface area contributed by atoms with Gasteiger partial charge in [-0.15, -0.1) is 11.3 Å². The van der Waals surface area contributed by atoms with Gasteiger partial charge in [0.05, 0.1) is 10.6 Å². The number of hydrogen-bond donors (Lipinski definition) is 1. The summed E-state index contributed by atoms with van der Waals surface area (Å²) in [5.74, 6) is -0.791. The molecule has 0 saturated carbocycles. The number of anilines is 1. The number of furan rings is 1. The van der Waals surface area contributed by atoms with Gasteiger partial charge in [0.15, 0.2) is 20.7 Å². The first kappa shape index (κ1) is 19.3. The number of sulfone groups is 1. The number of nitrogens with zero attached hydrogens (tertiary/aromatic N) is 1. The van der Waals surface area contributed by atoms with Crippen molar-refractivity contribution in [3.8, 4) is 11.5 Å². The van der Waals surface area contributed by atoms with Gasteiger partial charge in [-0.25, -0.2) is 17.8 Å². The molecule has 0 atom stereocenters. The fourth-order valence-electron chi connectivity index (χ4n) is 2.72. The van der Waals surface area contributed by atoms with E-state index in [4.69, 9.17) is 4.42 Å². The fourth-order valence-corrected chi connectivity index (χ4v) is 4.68. The van der Waals surface area contributed by atoms with E-state index in [1.54, 1.807) is 5.38 Å². The number of rotatable bonds is 6. The van der Waals surface area contributed by atoms with Gasteiger partial charge in [0.25, 0.3) is 0 Å². The second-order valence-corrected chi connectivity index (χ2v) is 9.22. The molecule has 148 valence electrons. The average molecular weight is 430 g/mol. The lowest BCUT2D eigenvalue weighted by atomic mass is 10.2. The number of hydrogen-bond acceptors (Lipinski definition) is 6. The molecule has 0 unspecified atom stereocenters. The van der Waals surface area contributed by atoms with Crippen LogP contribution < -0.4 is 5.32 Å². The second-order valence-electron chi connectivity index (χ2n) is 6.26. The Balaban J connectivity index is 1.39. The van der Waals surface area contributed by atoms with Gasteiger partial charge in [-0.3, -0.25) is 4.79 Å². The van der Waals surface area contributed by atoms with Crippen LogP contribution in [0.15, 0.2) is 69.3 Å². The third-order valence-electron chi connectivity index (χ3n) is 4.20. The zero-order valence-electron chi connectivity index (χ0n) is 15.0. The largest absolute Gasteiger partial charge is 0.454 e. The number of para-hydroxylation sites is 1. The minimum atomic E-state index is -3.68. The van der Waals surface area contributed by atoms with Crippen molar-refractivity contribution in [1.82, 2.24) is 4.98 Å². The van der Waals surface area contributed by atoms with Crippen LogP contribution in [0.2, 0.25) is 0 Å². The molecule has 2 heterocycles. The lowest BCUT2D eigenvalue weighted by Crippen LogP contribution is -2.17. The molecule has 0 aliphatic heterocycles. The lowest BCUT2D eigenvalue weighted by molar-refractivity contribution is -0.115. The van der Waals surface area contributed by atoms with Crippen molar-refractivity contribution in [2.75, 3.05) is 11.1 Å². The number of carbonyl (C=O) groups is 1. The molecule has 0 bridgehead atoms. The molecule has 9 heteroatoms. The first-order valence-electron chi connectivity index (χ1n) is 8.63. The number of amides is 1. The third kappa shape index (κ3) is 4.36. The molecule has 0 saturated heterocycles.